The first-order chi connectivity index (χ1) is 14.6. The van der Waals surface area contributed by atoms with Crippen molar-refractivity contribution in [2.45, 2.75) is 44.2 Å². The summed E-state index contributed by atoms with van der Waals surface area (Å²) in [7, 11) is 0. The lowest BCUT2D eigenvalue weighted by Crippen LogP contribution is -2.61. The normalized spacial score (nSPS) is 25.5. The van der Waals surface area contributed by atoms with Crippen molar-refractivity contribution < 1.29 is 53.9 Å². The number of hydrogen-bond donors (Lipinski definition) is 6. The molecule has 13 nitrogen and oxygen atoms in total. The van der Waals surface area contributed by atoms with Crippen LogP contribution in [0.25, 0.3) is 0 Å². The average molecular weight is 444 g/mol. The molecule has 172 valence electrons. The molecule has 0 radical (unpaired) electrons. The van der Waals surface area contributed by atoms with E-state index in [0.717, 1.165) is 0 Å². The Hall–Kier alpha value is -2.81. The van der Waals surface area contributed by atoms with Gasteiger partial charge < -0.3 is 44.8 Å². The number of hydrogen-bond acceptors (Lipinski definition) is 11. The number of carbonyl (C=O) groups is 3. The average Bonchev–Trinajstić information content (AvgIpc) is 2.72. The van der Waals surface area contributed by atoms with E-state index in [9.17, 15) is 29.7 Å². The van der Waals surface area contributed by atoms with Gasteiger partial charge in [0.1, 0.15) is 30.7 Å². The third-order valence-electron chi connectivity index (χ3n) is 4.29. The third kappa shape index (κ3) is 6.33. The Balaban J connectivity index is 2.29. The van der Waals surface area contributed by atoms with Crippen LogP contribution in [-0.2, 0) is 30.5 Å². The summed E-state index contributed by atoms with van der Waals surface area (Å²) in [5.41, 5.74) is 0.372. The molecule has 0 aliphatic carbocycles. The minimum absolute atomic E-state index is 0.0177. The van der Waals surface area contributed by atoms with E-state index in [0.29, 0.717) is 5.56 Å². The molecule has 1 fully saturated rings. The molecule has 1 saturated heterocycles. The first kappa shape index (κ1) is 24.5. The zero-order chi connectivity index (χ0) is 23.1. The maximum atomic E-state index is 12.6. The van der Waals surface area contributed by atoms with Crippen LogP contribution >= 0.6 is 0 Å². The number of carboxylic acids is 1. The Bertz CT molecular complexity index is 803. The van der Waals surface area contributed by atoms with Crippen LogP contribution < -0.4 is 16.0 Å². The van der Waals surface area contributed by atoms with Gasteiger partial charge in [0, 0.05) is 13.5 Å². The number of nitrogens with one attached hydrogen (secondary N) is 1. The van der Waals surface area contributed by atoms with Gasteiger partial charge in [0.2, 0.25) is 6.29 Å². The molecule has 1 aromatic rings. The van der Waals surface area contributed by atoms with Gasteiger partial charge in [0.05, 0.1) is 12.2 Å². The molecule has 5 atom stereocenters. The largest absolute Gasteiger partial charge is 0.479 e. The first-order valence-corrected chi connectivity index (χ1v) is 9.11. The number of carbonyl (C=O) groups excluding carboxylic acids is 2. The Kier molecular flexibility index (Phi) is 8.67. The van der Waals surface area contributed by atoms with Crippen LogP contribution in [0.15, 0.2) is 18.2 Å². The minimum Gasteiger partial charge on any atom is -0.479 e. The Morgan fingerprint density at radius 3 is 2.48 bits per heavy atom. The van der Waals surface area contributed by atoms with E-state index in [-0.39, 0.29) is 31.1 Å². The highest BCUT2D eigenvalue weighted by molar-refractivity contribution is 5.97. The molecule has 31 heavy (non-hydrogen) atoms. The van der Waals surface area contributed by atoms with Crippen molar-refractivity contribution >= 4 is 17.8 Å². The van der Waals surface area contributed by atoms with Crippen LogP contribution in [0.4, 0.5) is 0 Å². The minimum atomic E-state index is -1.89. The molecule has 0 bridgehead atoms. The summed E-state index contributed by atoms with van der Waals surface area (Å²) in [6.07, 6.45) is -9.16. The molecular weight excluding hydrogens is 420 g/mol. The van der Waals surface area contributed by atoms with Gasteiger partial charge in [0.15, 0.2) is 6.10 Å². The maximum absolute atomic E-state index is 12.6. The topological polar surface area (TPSA) is 207 Å². The Labute approximate surface area is 176 Å². The van der Waals surface area contributed by atoms with Crippen molar-refractivity contribution in [2.24, 2.45) is 5.90 Å². The number of amides is 1. The van der Waals surface area contributed by atoms with Crippen LogP contribution in [0.5, 0.6) is 5.75 Å². The fourth-order valence-corrected chi connectivity index (χ4v) is 2.73. The number of rotatable bonds is 9. The number of aliphatic carboxylic acids is 1. The van der Waals surface area contributed by atoms with Crippen molar-refractivity contribution in [3.8, 4) is 5.75 Å². The second kappa shape index (κ2) is 11.0. The number of nitrogens with two attached hydrogens (primary N) is 1. The summed E-state index contributed by atoms with van der Waals surface area (Å²) in [5, 5.41) is 41.5. The molecule has 1 heterocycles. The summed E-state index contributed by atoms with van der Waals surface area (Å²) in [6, 6.07) is 4.13. The summed E-state index contributed by atoms with van der Waals surface area (Å²) in [6.45, 7) is 1.16. The van der Waals surface area contributed by atoms with Crippen molar-refractivity contribution in [3.05, 3.63) is 29.3 Å². The van der Waals surface area contributed by atoms with Gasteiger partial charge in [-0.15, -0.1) is 0 Å². The third-order valence-corrected chi connectivity index (χ3v) is 4.29. The van der Waals surface area contributed by atoms with Crippen LogP contribution in [0.3, 0.4) is 0 Å². The van der Waals surface area contributed by atoms with Gasteiger partial charge in [-0.2, -0.15) is 0 Å². The highest BCUT2D eigenvalue weighted by Crippen LogP contribution is 2.28. The van der Waals surface area contributed by atoms with Gasteiger partial charge in [-0.05, 0) is 17.7 Å². The van der Waals surface area contributed by atoms with Crippen LogP contribution in [0, 0.1) is 0 Å². The highest BCUT2D eigenvalue weighted by atomic mass is 16.7. The lowest BCUT2D eigenvalue weighted by molar-refractivity contribution is -0.271. The van der Waals surface area contributed by atoms with E-state index in [1.807, 2.05) is 0 Å². The number of esters is 1. The van der Waals surface area contributed by atoms with E-state index in [2.05, 4.69) is 10.2 Å². The standard InChI is InChI=1S/C18H24N2O11/c1-8(21)28-7-9-2-3-11(10(6-9)16(25)20-4-5-29-19)30-18-14(24)12(22)13(23)15(31-18)17(26)27/h2-3,6,12-15,18,22-24H,4-5,7,19H2,1H3,(H,20,25)(H,26,27)/t12-,13-,14+,15-,18+/m0/s1. The van der Waals surface area contributed by atoms with Crippen LogP contribution in [-0.4, -0.2) is 82.1 Å². The van der Waals surface area contributed by atoms with Gasteiger partial charge >= 0.3 is 11.9 Å². The highest BCUT2D eigenvalue weighted by Gasteiger charge is 2.48. The van der Waals surface area contributed by atoms with E-state index in [1.54, 1.807) is 0 Å². The fourth-order valence-electron chi connectivity index (χ4n) is 2.73. The van der Waals surface area contributed by atoms with Crippen molar-refractivity contribution in [1.29, 1.82) is 0 Å². The van der Waals surface area contributed by atoms with Crippen molar-refractivity contribution in [1.82, 2.24) is 5.32 Å². The lowest BCUT2D eigenvalue weighted by Gasteiger charge is -2.38. The summed E-state index contributed by atoms with van der Waals surface area (Å²) < 4.78 is 15.4. The number of aliphatic hydroxyl groups excluding tert-OH is 3. The Morgan fingerprint density at radius 2 is 1.87 bits per heavy atom. The van der Waals surface area contributed by atoms with Gasteiger partial charge in [-0.3, -0.25) is 9.59 Å². The smallest absolute Gasteiger partial charge is 0.335 e. The molecule has 0 unspecified atom stereocenters. The van der Waals surface area contributed by atoms with Crippen LogP contribution in [0.2, 0.25) is 0 Å². The monoisotopic (exact) mass is 444 g/mol. The molecule has 0 aromatic heterocycles. The predicted molar refractivity (Wildman–Crippen MR) is 99.3 cm³/mol. The zero-order valence-corrected chi connectivity index (χ0v) is 16.5. The van der Waals surface area contributed by atoms with E-state index in [4.69, 9.17) is 25.2 Å². The quantitative estimate of drug-likeness (QED) is 0.134. The molecule has 2 rings (SSSR count). The predicted octanol–water partition coefficient (Wildman–Crippen LogP) is -2.36. The lowest BCUT2D eigenvalue weighted by atomic mass is 9.99. The van der Waals surface area contributed by atoms with Gasteiger partial charge in [-0.1, -0.05) is 6.07 Å². The maximum Gasteiger partial charge on any atom is 0.335 e. The molecule has 0 saturated carbocycles. The molecule has 1 aliphatic heterocycles. The van der Waals surface area contributed by atoms with E-state index in [1.165, 1.54) is 25.1 Å². The molecule has 0 spiro atoms. The summed E-state index contributed by atoms with van der Waals surface area (Å²) in [4.78, 5) is 39.2. The molecule has 1 aromatic carbocycles. The SMILES string of the molecule is CC(=O)OCc1ccc(O[C@@H]2O[C@H](C(=O)O)[C@@H](O)[C@H](O)[C@H]2O)c(C(=O)NCCON)c1. The number of aliphatic hydroxyl groups is 3. The van der Waals surface area contributed by atoms with Crippen LogP contribution in [0.1, 0.15) is 22.8 Å². The number of carboxylic acid groups (broad SMARTS) is 1. The molecule has 7 N–H and O–H groups in total. The number of benzene rings is 1. The zero-order valence-electron chi connectivity index (χ0n) is 16.5. The fraction of sp³-hybridized carbons (Fsp3) is 0.500. The molecular formula is C18H24N2O11. The van der Waals surface area contributed by atoms with Gasteiger partial charge in [0.25, 0.3) is 5.91 Å². The molecule has 1 aliphatic rings. The van der Waals surface area contributed by atoms with E-state index >= 15 is 0 Å². The van der Waals surface area contributed by atoms with Crippen molar-refractivity contribution in [2.75, 3.05) is 13.2 Å². The van der Waals surface area contributed by atoms with Crippen molar-refractivity contribution in [3.63, 3.8) is 0 Å². The first-order valence-electron chi connectivity index (χ1n) is 9.11. The second-order valence-electron chi connectivity index (χ2n) is 6.59. The van der Waals surface area contributed by atoms with E-state index < -0.39 is 48.6 Å². The summed E-state index contributed by atoms with van der Waals surface area (Å²) >= 11 is 0. The van der Waals surface area contributed by atoms with Gasteiger partial charge in [-0.25, -0.2) is 10.7 Å². The Morgan fingerprint density at radius 1 is 1.16 bits per heavy atom. The summed E-state index contributed by atoms with van der Waals surface area (Å²) in [5.74, 6) is 2.03. The molecule has 1 amide bonds. The number of ether oxygens (including phenoxy) is 3. The molecule has 13 heteroatoms. The second-order valence-corrected chi connectivity index (χ2v) is 6.59.